The Balaban J connectivity index is 0.848. The average molecular weight is 1080 g/mol. The molecule has 5 heterocycles. The number of carbonyl (C=O) groups excluding carboxylic acids is 9. The molecule has 8 amide bonds. The maximum atomic E-state index is 15.5. The van der Waals surface area contributed by atoms with Crippen LogP contribution in [0.1, 0.15) is 64.8 Å². The molecule has 0 fully saturated rings. The Morgan fingerprint density at radius 2 is 1.58 bits per heavy atom. The van der Waals surface area contributed by atoms with E-state index < -0.39 is 140 Å². The van der Waals surface area contributed by atoms with E-state index in [1.807, 2.05) is 0 Å². The molecular weight excluding hydrogens is 1020 g/mol. The lowest BCUT2D eigenvalue weighted by Crippen LogP contribution is -2.56. The molecule has 0 bridgehead atoms. The molecule has 4 atom stereocenters. The van der Waals surface area contributed by atoms with Gasteiger partial charge in [-0.3, -0.25) is 52.8 Å². The number of imide groups is 1. The second kappa shape index (κ2) is 23.2. The summed E-state index contributed by atoms with van der Waals surface area (Å²) in [6.45, 7) is -0.970. The van der Waals surface area contributed by atoms with Crippen molar-refractivity contribution >= 4 is 70.1 Å². The Morgan fingerprint density at radius 3 is 2.27 bits per heavy atom. The summed E-state index contributed by atoms with van der Waals surface area (Å²) in [5.74, 6) is -8.91. The van der Waals surface area contributed by atoms with Gasteiger partial charge in [0.2, 0.25) is 35.4 Å². The van der Waals surface area contributed by atoms with Gasteiger partial charge in [0.1, 0.15) is 37.8 Å². The first kappa shape index (κ1) is 55.5. The van der Waals surface area contributed by atoms with E-state index >= 15 is 4.39 Å². The molecule has 25 nitrogen and oxygen atoms in total. The predicted molar refractivity (Wildman–Crippen MR) is 268 cm³/mol. The first-order valence-corrected chi connectivity index (χ1v) is 24.8. The van der Waals surface area contributed by atoms with E-state index in [4.69, 9.17) is 19.6 Å². The largest absolute Gasteiger partial charge is 0.480 e. The van der Waals surface area contributed by atoms with Crippen molar-refractivity contribution in [3.05, 3.63) is 110 Å². The van der Waals surface area contributed by atoms with Crippen LogP contribution in [0.2, 0.25) is 0 Å². The van der Waals surface area contributed by atoms with Crippen molar-refractivity contribution in [3.8, 4) is 11.4 Å². The van der Waals surface area contributed by atoms with E-state index in [1.54, 1.807) is 57.3 Å². The van der Waals surface area contributed by atoms with Gasteiger partial charge in [-0.05, 0) is 54.5 Å². The van der Waals surface area contributed by atoms with Crippen LogP contribution >= 0.6 is 0 Å². The summed E-state index contributed by atoms with van der Waals surface area (Å²) < 4.78 is 27.7. The Morgan fingerprint density at radius 1 is 0.897 bits per heavy atom. The van der Waals surface area contributed by atoms with Crippen molar-refractivity contribution in [2.45, 2.75) is 76.4 Å². The summed E-state index contributed by atoms with van der Waals surface area (Å²) in [5.41, 5.74) is 1.71. The fourth-order valence-corrected chi connectivity index (χ4v) is 9.98. The number of nitrogens with one attached hydrogen (secondary N) is 6. The van der Waals surface area contributed by atoms with E-state index in [9.17, 15) is 57.8 Å². The van der Waals surface area contributed by atoms with Crippen molar-refractivity contribution in [1.82, 2.24) is 51.3 Å². The number of hydrogen-bond donors (Lipinski definition) is 8. The molecule has 8 N–H and O–H groups in total. The molecule has 0 saturated heterocycles. The third-order valence-electron chi connectivity index (χ3n) is 14.1. The number of carboxylic acids is 1. The Kier molecular flexibility index (Phi) is 16.5. The summed E-state index contributed by atoms with van der Waals surface area (Å²) in [7, 11) is 1.58. The molecular formula is C52H55FN10O15. The van der Waals surface area contributed by atoms with Crippen LogP contribution in [0.25, 0.3) is 22.3 Å². The van der Waals surface area contributed by atoms with E-state index in [1.165, 1.54) is 15.5 Å². The number of amides is 8. The van der Waals surface area contributed by atoms with Crippen LogP contribution in [0.5, 0.6) is 0 Å². The summed E-state index contributed by atoms with van der Waals surface area (Å²) in [5, 5.41) is 35.4. The van der Waals surface area contributed by atoms with E-state index in [-0.39, 0.29) is 37.1 Å². The number of aromatic nitrogens is 2. The van der Waals surface area contributed by atoms with Crippen molar-refractivity contribution < 1.29 is 72.0 Å². The number of ether oxygens (including phenoxy) is 2. The van der Waals surface area contributed by atoms with E-state index in [2.05, 4.69) is 31.9 Å². The van der Waals surface area contributed by atoms with Gasteiger partial charge in [-0.25, -0.2) is 14.2 Å². The first-order chi connectivity index (χ1) is 37.2. The number of fused-ring (bicyclic) bond motifs is 5. The number of carbonyl (C=O) groups is 10. The number of rotatable bonds is 22. The summed E-state index contributed by atoms with van der Waals surface area (Å²) >= 11 is 0. The van der Waals surface area contributed by atoms with E-state index in [0.717, 1.165) is 12.2 Å². The van der Waals surface area contributed by atoms with Gasteiger partial charge >= 0.3 is 11.9 Å². The van der Waals surface area contributed by atoms with Crippen LogP contribution in [0, 0.1) is 12.7 Å². The van der Waals surface area contributed by atoms with Crippen LogP contribution < -0.4 is 37.5 Å². The highest BCUT2D eigenvalue weighted by Gasteiger charge is 2.46. The molecule has 4 aromatic rings. The first-order valence-electron chi connectivity index (χ1n) is 24.8. The molecule has 2 aromatic carbocycles. The van der Waals surface area contributed by atoms with Crippen molar-refractivity contribution in [2.24, 2.45) is 0 Å². The summed E-state index contributed by atoms with van der Waals surface area (Å²) in [6, 6.07) is 8.06. The number of benzene rings is 2. The normalized spacial score (nSPS) is 17.5. The number of nitrogens with zero attached hydrogens (tertiary/aromatic N) is 4. The van der Waals surface area contributed by atoms with Gasteiger partial charge in [-0.15, -0.1) is 0 Å². The molecule has 26 heteroatoms. The zero-order valence-electron chi connectivity index (χ0n) is 42.5. The number of aryl methyl sites for hydroxylation is 1. The molecule has 2 aromatic heterocycles. The quantitative estimate of drug-likeness (QED) is 0.0163. The minimum atomic E-state index is -2.07. The Bertz CT molecular complexity index is 3260. The van der Waals surface area contributed by atoms with Crippen LogP contribution in [0.15, 0.2) is 59.4 Å². The summed E-state index contributed by atoms with van der Waals surface area (Å²) in [4.78, 5) is 148. The van der Waals surface area contributed by atoms with Gasteiger partial charge in [0.25, 0.3) is 17.4 Å². The van der Waals surface area contributed by atoms with Crippen LogP contribution in [-0.4, -0.2) is 154 Å². The SMILES string of the molecule is CC[C@@]1(O)C(=O)OCc2c1cc1n(c2=O)Cc2c-1nc1cc(F)c(C)c3c1c2[C@@H](N(C)C(=O)COCNC(=O)CNC(=O)[C@H](Cc1ccccc1)NC(=O)CNC(=O)CNC(=O)[C@@H](CNCC(=O)O)N1C(=O)C=CC1=O)CC3. The average Bonchev–Trinajstić information content (AvgIpc) is 4.06. The lowest BCUT2D eigenvalue weighted by Gasteiger charge is -2.35. The fraction of sp³-hybridized carbons (Fsp3) is 0.385. The molecule has 78 heavy (non-hydrogen) atoms. The number of hydrogen-bond acceptors (Lipinski definition) is 16. The van der Waals surface area contributed by atoms with Crippen LogP contribution in [0.4, 0.5) is 4.39 Å². The molecule has 8 rings (SSSR count). The van der Waals surface area contributed by atoms with E-state index in [0.29, 0.717) is 67.8 Å². The molecule has 1 aliphatic carbocycles. The Hall–Kier alpha value is -8.75. The zero-order valence-corrected chi connectivity index (χ0v) is 42.5. The van der Waals surface area contributed by atoms with Crippen molar-refractivity contribution in [1.29, 1.82) is 0 Å². The van der Waals surface area contributed by atoms with Crippen LogP contribution in [-0.2, 0) is 89.0 Å². The monoisotopic (exact) mass is 1080 g/mol. The maximum Gasteiger partial charge on any atom is 0.343 e. The van der Waals surface area contributed by atoms with Crippen molar-refractivity contribution in [3.63, 3.8) is 0 Å². The van der Waals surface area contributed by atoms with Gasteiger partial charge in [0, 0.05) is 54.7 Å². The highest BCUT2D eigenvalue weighted by molar-refractivity contribution is 6.15. The molecule has 410 valence electrons. The number of aliphatic carboxylic acids is 1. The van der Waals surface area contributed by atoms with Gasteiger partial charge in [-0.1, -0.05) is 37.3 Å². The standard InChI is InChI=1S/C52H55FN10O15/c1-4-52(76)31-15-36-47-29(22-62(36)50(74)30(31)23-78-51(52)75)46-35(11-10-28-26(2)32(53)16-33(60-47)45(28)46)61(3)43(69)24-77-25-58-39(65)19-56-48(72)34(14-27-8-6-5-7-9-27)59-40(66)20-55-38(64)18-57-49(73)37(17-54-21-44(70)71)63-41(67)12-13-42(63)68/h5-9,12-13,15-16,34-35,37,54,76H,4,10-11,14,17-25H2,1-3H3,(H,55,64)(H,56,72)(H,57,73)(H,58,65)(H,59,66)(H,70,71)/t34-,35-,37+,52-/m0/s1. The highest BCUT2D eigenvalue weighted by Crippen LogP contribution is 2.47. The smallest absolute Gasteiger partial charge is 0.343 e. The third-order valence-corrected chi connectivity index (χ3v) is 14.1. The molecule has 3 aliphatic heterocycles. The number of aliphatic hydroxyl groups is 1. The molecule has 4 aliphatic rings. The number of halogens is 1. The molecule has 0 radical (unpaired) electrons. The van der Waals surface area contributed by atoms with Gasteiger partial charge in [-0.2, -0.15) is 0 Å². The van der Waals surface area contributed by atoms with Gasteiger partial charge in [0.05, 0.1) is 61.2 Å². The summed E-state index contributed by atoms with van der Waals surface area (Å²) in [6.07, 6.45) is 2.53. The Labute approximate surface area is 442 Å². The lowest BCUT2D eigenvalue weighted by molar-refractivity contribution is -0.172. The molecule has 0 unspecified atom stereocenters. The highest BCUT2D eigenvalue weighted by atomic mass is 19.1. The topological polar surface area (TPSA) is 343 Å². The second-order valence-electron chi connectivity index (χ2n) is 18.9. The maximum absolute atomic E-state index is 15.5. The minimum Gasteiger partial charge on any atom is -0.480 e. The zero-order chi connectivity index (χ0) is 56.2. The molecule has 0 saturated carbocycles. The fourth-order valence-electron chi connectivity index (χ4n) is 9.98. The second-order valence-corrected chi connectivity index (χ2v) is 18.9. The predicted octanol–water partition coefficient (Wildman–Crippen LogP) is -1.89. The number of cyclic esters (lactones) is 1. The molecule has 0 spiro atoms. The number of esters is 1. The van der Waals surface area contributed by atoms with Crippen molar-refractivity contribution in [2.75, 3.05) is 53.1 Å². The lowest BCUT2D eigenvalue weighted by atomic mass is 9.81. The number of pyridine rings is 2. The number of likely N-dealkylation sites (N-methyl/N-ethyl adjacent to an activating group) is 1. The van der Waals surface area contributed by atoms with Crippen LogP contribution in [0.3, 0.4) is 0 Å². The minimum absolute atomic E-state index is 0.0338. The van der Waals surface area contributed by atoms with Gasteiger partial charge in [0.15, 0.2) is 5.60 Å². The third kappa shape index (κ3) is 11.4. The van der Waals surface area contributed by atoms with Gasteiger partial charge < -0.3 is 61.1 Å². The number of carboxylic acid groups (broad SMARTS) is 1.